The number of hydrogen-bond donors (Lipinski definition) is 2. The van der Waals surface area contributed by atoms with Crippen molar-refractivity contribution in [3.63, 3.8) is 0 Å². The molecule has 0 aliphatic carbocycles. The van der Waals surface area contributed by atoms with Gasteiger partial charge in [-0.25, -0.2) is 4.98 Å². The van der Waals surface area contributed by atoms with Crippen LogP contribution in [0.4, 0.5) is 17.5 Å². The SMILES string of the molecule is Cc1cc([C@@](C)(O)c2ccc3c(c2)N(c2nc(N)ncc2Cl)CC3)no1. The first-order chi connectivity index (χ1) is 12.4. The standard InChI is InChI=1S/C18H18ClN5O2/c1-10-7-15(23-26-10)18(2,25)12-4-3-11-5-6-24(14(11)8-12)16-13(19)9-21-17(20)22-16/h3-4,7-9,25H,5-6H2,1-2H3,(H2,20,21,22)/t18-/m0/s1. The normalized spacial score (nSPS) is 15.8. The van der Waals surface area contributed by atoms with Crippen LogP contribution in [0.25, 0.3) is 0 Å². The van der Waals surface area contributed by atoms with Crippen molar-refractivity contribution in [2.75, 3.05) is 17.2 Å². The van der Waals surface area contributed by atoms with Gasteiger partial charge in [0.05, 0.1) is 6.20 Å². The Morgan fingerprint density at radius 3 is 2.88 bits per heavy atom. The number of nitrogens with zero attached hydrogens (tertiary/aromatic N) is 4. The fourth-order valence-corrected chi connectivity index (χ4v) is 3.40. The Balaban J connectivity index is 1.78. The van der Waals surface area contributed by atoms with E-state index in [4.69, 9.17) is 21.9 Å². The van der Waals surface area contributed by atoms with Gasteiger partial charge in [-0.2, -0.15) is 4.98 Å². The van der Waals surface area contributed by atoms with Crippen LogP contribution in [0.3, 0.4) is 0 Å². The number of nitrogen functional groups attached to an aromatic ring is 1. The minimum absolute atomic E-state index is 0.166. The van der Waals surface area contributed by atoms with E-state index in [1.165, 1.54) is 6.20 Å². The molecule has 0 amide bonds. The van der Waals surface area contributed by atoms with Gasteiger partial charge in [0.2, 0.25) is 5.95 Å². The minimum atomic E-state index is -1.28. The number of aliphatic hydroxyl groups is 1. The molecule has 0 bridgehead atoms. The third-order valence-electron chi connectivity index (χ3n) is 4.67. The second-order valence-electron chi connectivity index (χ2n) is 6.54. The van der Waals surface area contributed by atoms with Gasteiger partial charge in [-0.1, -0.05) is 28.9 Å². The molecule has 26 heavy (non-hydrogen) atoms. The summed E-state index contributed by atoms with van der Waals surface area (Å²) >= 11 is 6.28. The molecular weight excluding hydrogens is 354 g/mol. The molecule has 8 heteroatoms. The fraction of sp³-hybridized carbons (Fsp3) is 0.278. The lowest BCUT2D eigenvalue weighted by Crippen LogP contribution is -2.24. The first kappa shape index (κ1) is 16.8. The van der Waals surface area contributed by atoms with Gasteiger partial charge in [0, 0.05) is 18.3 Å². The van der Waals surface area contributed by atoms with Crippen molar-refractivity contribution in [1.82, 2.24) is 15.1 Å². The second kappa shape index (κ2) is 5.96. The van der Waals surface area contributed by atoms with E-state index in [9.17, 15) is 5.11 Å². The third-order valence-corrected chi connectivity index (χ3v) is 4.94. The number of fused-ring (bicyclic) bond motifs is 1. The van der Waals surface area contributed by atoms with Crippen molar-refractivity contribution in [1.29, 1.82) is 0 Å². The van der Waals surface area contributed by atoms with Crippen molar-refractivity contribution >= 4 is 29.1 Å². The molecule has 3 N–H and O–H groups in total. The van der Waals surface area contributed by atoms with Crippen LogP contribution in [0.2, 0.25) is 5.02 Å². The summed E-state index contributed by atoms with van der Waals surface area (Å²) in [4.78, 5) is 10.2. The molecule has 0 radical (unpaired) electrons. The second-order valence-corrected chi connectivity index (χ2v) is 6.95. The Morgan fingerprint density at radius 2 is 2.15 bits per heavy atom. The molecule has 0 fully saturated rings. The van der Waals surface area contributed by atoms with Gasteiger partial charge in [-0.15, -0.1) is 0 Å². The summed E-state index contributed by atoms with van der Waals surface area (Å²) in [6.07, 6.45) is 2.34. The molecule has 4 rings (SSSR count). The molecule has 0 saturated carbocycles. The molecule has 3 heterocycles. The number of aromatic nitrogens is 3. The Morgan fingerprint density at radius 1 is 1.35 bits per heavy atom. The molecule has 2 aromatic heterocycles. The molecule has 1 aliphatic rings. The maximum Gasteiger partial charge on any atom is 0.222 e. The first-order valence-electron chi connectivity index (χ1n) is 8.21. The Kier molecular flexibility index (Phi) is 3.86. The molecule has 0 saturated heterocycles. The zero-order valence-electron chi connectivity index (χ0n) is 14.4. The first-order valence-corrected chi connectivity index (χ1v) is 8.59. The molecular formula is C18H18ClN5O2. The van der Waals surface area contributed by atoms with Gasteiger partial charge in [-0.05, 0) is 37.5 Å². The average Bonchev–Trinajstić information content (AvgIpc) is 3.23. The molecule has 134 valence electrons. The minimum Gasteiger partial charge on any atom is -0.379 e. The number of anilines is 3. The van der Waals surface area contributed by atoms with Crippen LogP contribution >= 0.6 is 11.6 Å². The van der Waals surface area contributed by atoms with Crippen LogP contribution < -0.4 is 10.6 Å². The van der Waals surface area contributed by atoms with Crippen LogP contribution in [0.1, 0.15) is 29.5 Å². The molecule has 1 atom stereocenters. The quantitative estimate of drug-likeness (QED) is 0.729. The lowest BCUT2D eigenvalue weighted by atomic mass is 9.91. The Bertz CT molecular complexity index is 985. The van der Waals surface area contributed by atoms with E-state index in [1.807, 2.05) is 23.1 Å². The van der Waals surface area contributed by atoms with Crippen molar-refractivity contribution in [2.45, 2.75) is 25.9 Å². The summed E-state index contributed by atoms with van der Waals surface area (Å²) in [6, 6.07) is 7.57. The highest BCUT2D eigenvalue weighted by Gasteiger charge is 2.32. The molecule has 0 spiro atoms. The summed E-state index contributed by atoms with van der Waals surface area (Å²) in [6.45, 7) is 4.21. The van der Waals surface area contributed by atoms with Crippen molar-refractivity contribution in [3.05, 3.63) is 58.1 Å². The number of aryl methyl sites for hydroxylation is 1. The largest absolute Gasteiger partial charge is 0.379 e. The maximum atomic E-state index is 11.0. The van der Waals surface area contributed by atoms with E-state index in [0.29, 0.717) is 27.9 Å². The number of rotatable bonds is 3. The van der Waals surface area contributed by atoms with E-state index in [2.05, 4.69) is 15.1 Å². The van der Waals surface area contributed by atoms with Gasteiger partial charge in [0.25, 0.3) is 0 Å². The summed E-state index contributed by atoms with van der Waals surface area (Å²) in [5.41, 5.74) is 7.69. The number of halogens is 1. The highest BCUT2D eigenvalue weighted by Crippen LogP contribution is 2.40. The van der Waals surface area contributed by atoms with E-state index < -0.39 is 5.60 Å². The van der Waals surface area contributed by atoms with E-state index >= 15 is 0 Å². The van der Waals surface area contributed by atoms with Gasteiger partial charge < -0.3 is 20.3 Å². The van der Waals surface area contributed by atoms with Crippen molar-refractivity contribution < 1.29 is 9.63 Å². The summed E-state index contributed by atoms with van der Waals surface area (Å²) < 4.78 is 5.12. The average molecular weight is 372 g/mol. The Labute approximate surface area is 155 Å². The summed E-state index contributed by atoms with van der Waals surface area (Å²) in [5.74, 6) is 1.37. The van der Waals surface area contributed by atoms with Gasteiger partial charge >= 0.3 is 0 Å². The lowest BCUT2D eigenvalue weighted by Gasteiger charge is -2.24. The summed E-state index contributed by atoms with van der Waals surface area (Å²) in [5, 5.41) is 15.4. The van der Waals surface area contributed by atoms with E-state index in [-0.39, 0.29) is 5.95 Å². The predicted molar refractivity (Wildman–Crippen MR) is 98.5 cm³/mol. The zero-order chi connectivity index (χ0) is 18.5. The van der Waals surface area contributed by atoms with Gasteiger partial charge in [-0.3, -0.25) is 0 Å². The highest BCUT2D eigenvalue weighted by molar-refractivity contribution is 6.33. The smallest absolute Gasteiger partial charge is 0.222 e. The number of benzene rings is 1. The molecule has 1 aromatic carbocycles. The molecule has 0 unspecified atom stereocenters. The van der Waals surface area contributed by atoms with Crippen molar-refractivity contribution in [2.24, 2.45) is 0 Å². The van der Waals surface area contributed by atoms with Crippen LogP contribution in [-0.4, -0.2) is 26.8 Å². The molecule has 7 nitrogen and oxygen atoms in total. The molecule has 3 aromatic rings. The highest BCUT2D eigenvalue weighted by atomic mass is 35.5. The van der Waals surface area contributed by atoms with Crippen molar-refractivity contribution in [3.8, 4) is 0 Å². The number of hydrogen-bond acceptors (Lipinski definition) is 7. The van der Waals surface area contributed by atoms with Gasteiger partial charge in [0.1, 0.15) is 22.1 Å². The van der Waals surface area contributed by atoms with E-state index in [0.717, 1.165) is 24.2 Å². The fourth-order valence-electron chi connectivity index (χ4n) is 3.21. The van der Waals surface area contributed by atoms with E-state index in [1.54, 1.807) is 19.9 Å². The van der Waals surface area contributed by atoms with Gasteiger partial charge in [0.15, 0.2) is 5.82 Å². The third kappa shape index (κ3) is 2.69. The molecule has 1 aliphatic heterocycles. The Hall–Kier alpha value is -2.64. The van der Waals surface area contributed by atoms with Crippen LogP contribution in [0.15, 0.2) is 35.0 Å². The maximum absolute atomic E-state index is 11.0. The monoisotopic (exact) mass is 371 g/mol. The van der Waals surface area contributed by atoms with Crippen LogP contribution in [-0.2, 0) is 12.0 Å². The zero-order valence-corrected chi connectivity index (χ0v) is 15.2. The lowest BCUT2D eigenvalue weighted by molar-refractivity contribution is 0.0932. The van der Waals surface area contributed by atoms with Crippen LogP contribution in [0.5, 0.6) is 0 Å². The summed E-state index contributed by atoms with van der Waals surface area (Å²) in [7, 11) is 0. The predicted octanol–water partition coefficient (Wildman–Crippen LogP) is 2.96. The van der Waals surface area contributed by atoms with Crippen LogP contribution in [0, 0.1) is 6.92 Å². The topological polar surface area (TPSA) is 101 Å². The number of nitrogens with two attached hydrogens (primary N) is 1.